The zero-order valence-electron chi connectivity index (χ0n) is 10.8. The summed E-state index contributed by atoms with van der Waals surface area (Å²) in [5, 5.41) is 7.06. The van der Waals surface area contributed by atoms with E-state index in [9.17, 15) is 18.0 Å². The van der Waals surface area contributed by atoms with Gasteiger partial charge in [0.1, 0.15) is 7.05 Å². The number of quaternary nitrogens is 1. The Bertz CT molecular complexity index is 482. The molecule has 8 heteroatoms. The quantitative estimate of drug-likeness (QED) is 0.736. The van der Waals surface area contributed by atoms with E-state index in [1.54, 1.807) is 0 Å². The molecule has 1 N–H and O–H groups in total. The van der Waals surface area contributed by atoms with E-state index in [4.69, 9.17) is 0 Å². The van der Waals surface area contributed by atoms with E-state index >= 15 is 0 Å². The number of nitrogens with zero attached hydrogens (tertiary/aromatic N) is 2. The Morgan fingerprint density at radius 2 is 2.16 bits per heavy atom. The molecular formula is C11H15F3N3O2+. The van der Waals surface area contributed by atoms with Gasteiger partial charge in [-0.05, 0) is 18.9 Å². The molecule has 0 bridgehead atoms. The van der Waals surface area contributed by atoms with Gasteiger partial charge in [0, 0.05) is 17.8 Å². The van der Waals surface area contributed by atoms with Crippen LogP contribution in [0.1, 0.15) is 13.8 Å². The molecule has 2 aliphatic rings. The van der Waals surface area contributed by atoms with Crippen LogP contribution in [0.3, 0.4) is 0 Å². The van der Waals surface area contributed by atoms with Crippen LogP contribution in [0, 0.1) is 5.41 Å². The largest absolute Gasteiger partial charge is 0.497 e. The van der Waals surface area contributed by atoms with Crippen molar-refractivity contribution >= 4 is 12.2 Å². The predicted molar refractivity (Wildman–Crippen MR) is 60.5 cm³/mol. The highest BCUT2D eigenvalue weighted by Gasteiger charge is 2.54. The second kappa shape index (κ2) is 4.04. The summed E-state index contributed by atoms with van der Waals surface area (Å²) in [7, 11) is 1.33. The summed E-state index contributed by atoms with van der Waals surface area (Å²) in [6.45, 7) is 4.80. The minimum atomic E-state index is -5.03. The molecule has 0 saturated heterocycles. The summed E-state index contributed by atoms with van der Waals surface area (Å²) < 4.78 is 36.2. The van der Waals surface area contributed by atoms with Crippen LogP contribution in [0.4, 0.5) is 13.2 Å². The van der Waals surface area contributed by atoms with Crippen molar-refractivity contribution in [3.8, 4) is 0 Å². The smallest absolute Gasteiger partial charge is 0.311 e. The number of hydrogen-bond acceptors (Lipinski definition) is 4. The molecule has 0 aromatic heterocycles. The van der Waals surface area contributed by atoms with Crippen LogP contribution < -0.4 is 5.32 Å². The molecule has 0 aromatic carbocycles. The summed E-state index contributed by atoms with van der Waals surface area (Å²) in [6.07, 6.45) is -3.58. The van der Waals surface area contributed by atoms with Crippen molar-refractivity contribution in [2.75, 3.05) is 20.1 Å². The summed E-state index contributed by atoms with van der Waals surface area (Å²) >= 11 is 0. The predicted octanol–water partition coefficient (Wildman–Crippen LogP) is 1.34. The first-order valence-corrected chi connectivity index (χ1v) is 5.74. The summed E-state index contributed by atoms with van der Waals surface area (Å²) in [4.78, 5) is 15.6. The number of carbonyl (C=O) groups excluding carboxylic acids is 1. The third-order valence-electron chi connectivity index (χ3n) is 3.17. The SMILES string of the molecule is CC1(C)CNCC2=C1[N+](C)(OC(=O)C(F)(F)F)N=C2. The highest BCUT2D eigenvalue weighted by atomic mass is 19.4. The van der Waals surface area contributed by atoms with E-state index in [-0.39, 0.29) is 0 Å². The summed E-state index contributed by atoms with van der Waals surface area (Å²) in [6, 6.07) is 0. The second-order valence-corrected chi connectivity index (χ2v) is 5.36. The van der Waals surface area contributed by atoms with Crippen LogP contribution in [-0.2, 0) is 9.63 Å². The van der Waals surface area contributed by atoms with Gasteiger partial charge in [0.25, 0.3) is 0 Å². The minimum Gasteiger partial charge on any atom is -0.311 e. The molecule has 1 atom stereocenters. The number of hydroxylamine groups is 2. The van der Waals surface area contributed by atoms with Gasteiger partial charge in [-0.25, -0.2) is 9.63 Å². The van der Waals surface area contributed by atoms with E-state index in [0.29, 0.717) is 18.8 Å². The van der Waals surface area contributed by atoms with Gasteiger partial charge in [-0.15, -0.1) is 0 Å². The van der Waals surface area contributed by atoms with E-state index in [2.05, 4.69) is 15.3 Å². The lowest BCUT2D eigenvalue weighted by atomic mass is 9.84. The molecule has 0 aromatic rings. The van der Waals surface area contributed by atoms with Crippen LogP contribution in [0.25, 0.3) is 0 Å². The average Bonchev–Trinajstić information content (AvgIpc) is 2.55. The number of alkyl halides is 3. The number of hydrogen-bond donors (Lipinski definition) is 1. The molecule has 5 nitrogen and oxygen atoms in total. The van der Waals surface area contributed by atoms with Crippen molar-refractivity contribution in [1.29, 1.82) is 0 Å². The standard InChI is InChI=1S/C11H15F3N3O2/c1-10(2)6-15-4-7-5-16-17(3,8(7)10)19-9(18)11(12,13)14/h5,15H,4,6H2,1-3H3/q+1. The van der Waals surface area contributed by atoms with Gasteiger partial charge in [0.15, 0.2) is 5.70 Å². The fourth-order valence-corrected chi connectivity index (χ4v) is 2.57. The maximum Gasteiger partial charge on any atom is 0.497 e. The Morgan fingerprint density at radius 1 is 1.53 bits per heavy atom. The molecule has 19 heavy (non-hydrogen) atoms. The molecule has 0 radical (unpaired) electrons. The first kappa shape index (κ1) is 14.0. The van der Waals surface area contributed by atoms with Gasteiger partial charge in [0.2, 0.25) is 0 Å². The first-order valence-electron chi connectivity index (χ1n) is 5.74. The Hall–Kier alpha value is -1.41. The van der Waals surface area contributed by atoms with Crippen molar-refractivity contribution in [1.82, 2.24) is 5.32 Å². The van der Waals surface area contributed by atoms with E-state index < -0.39 is 22.3 Å². The Morgan fingerprint density at radius 3 is 2.74 bits per heavy atom. The van der Waals surface area contributed by atoms with Crippen molar-refractivity contribution in [3.05, 3.63) is 11.3 Å². The van der Waals surface area contributed by atoms with Crippen LogP contribution in [-0.4, -0.2) is 43.3 Å². The summed E-state index contributed by atoms with van der Waals surface area (Å²) in [5.74, 6) is -2.24. The van der Waals surface area contributed by atoms with Crippen molar-refractivity contribution in [2.24, 2.45) is 10.5 Å². The van der Waals surface area contributed by atoms with Crippen LogP contribution in [0.15, 0.2) is 16.4 Å². The molecule has 0 aliphatic carbocycles. The van der Waals surface area contributed by atoms with Crippen LogP contribution >= 0.6 is 0 Å². The lowest BCUT2D eigenvalue weighted by Crippen LogP contribution is -2.50. The number of rotatable bonds is 1. The molecule has 0 fully saturated rings. The highest BCUT2D eigenvalue weighted by Crippen LogP contribution is 2.41. The minimum absolute atomic E-state index is 0.454. The average molecular weight is 278 g/mol. The topological polar surface area (TPSA) is 50.7 Å². The van der Waals surface area contributed by atoms with Gasteiger partial charge in [-0.3, -0.25) is 0 Å². The van der Waals surface area contributed by atoms with Gasteiger partial charge >= 0.3 is 12.1 Å². The second-order valence-electron chi connectivity index (χ2n) is 5.36. The lowest BCUT2D eigenvalue weighted by molar-refractivity contribution is -1.05. The van der Waals surface area contributed by atoms with Crippen molar-refractivity contribution in [2.45, 2.75) is 20.0 Å². The first-order chi connectivity index (χ1) is 8.56. The Balaban J connectivity index is 2.33. The van der Waals surface area contributed by atoms with Gasteiger partial charge in [-0.1, -0.05) is 0 Å². The molecular weight excluding hydrogens is 263 g/mol. The van der Waals surface area contributed by atoms with Gasteiger partial charge < -0.3 is 5.32 Å². The molecule has 1 unspecified atom stereocenters. The number of carbonyl (C=O) groups is 1. The highest BCUT2D eigenvalue weighted by molar-refractivity contribution is 5.82. The van der Waals surface area contributed by atoms with Crippen molar-refractivity contribution < 1.29 is 27.6 Å². The maximum absolute atomic E-state index is 12.3. The summed E-state index contributed by atoms with van der Waals surface area (Å²) in [5.41, 5.74) is 0.877. The van der Waals surface area contributed by atoms with E-state index in [1.165, 1.54) is 13.3 Å². The van der Waals surface area contributed by atoms with E-state index in [0.717, 1.165) is 5.57 Å². The Labute approximate surface area is 108 Å². The molecule has 0 amide bonds. The van der Waals surface area contributed by atoms with Gasteiger partial charge in [-0.2, -0.15) is 13.2 Å². The van der Waals surface area contributed by atoms with E-state index in [1.807, 2.05) is 13.8 Å². The lowest BCUT2D eigenvalue weighted by Gasteiger charge is -2.35. The zero-order valence-corrected chi connectivity index (χ0v) is 10.8. The molecule has 2 aliphatic heterocycles. The maximum atomic E-state index is 12.3. The van der Waals surface area contributed by atoms with Crippen LogP contribution in [0.5, 0.6) is 0 Å². The molecule has 0 saturated carbocycles. The van der Waals surface area contributed by atoms with Crippen LogP contribution in [0.2, 0.25) is 0 Å². The molecule has 2 heterocycles. The van der Waals surface area contributed by atoms with Gasteiger partial charge in [0.05, 0.1) is 17.2 Å². The molecule has 0 spiro atoms. The zero-order chi connectivity index (χ0) is 14.5. The Kier molecular flexibility index (Phi) is 2.98. The molecule has 2 rings (SSSR count). The third-order valence-corrected chi connectivity index (χ3v) is 3.17. The molecule has 106 valence electrons. The fourth-order valence-electron chi connectivity index (χ4n) is 2.57. The number of halogens is 3. The fraction of sp³-hybridized carbons (Fsp3) is 0.636. The third kappa shape index (κ3) is 2.37. The normalized spacial score (nSPS) is 29.4. The van der Waals surface area contributed by atoms with Crippen molar-refractivity contribution in [3.63, 3.8) is 0 Å². The monoisotopic (exact) mass is 278 g/mol. The number of nitrogens with one attached hydrogen (secondary N) is 1.